The van der Waals surface area contributed by atoms with Crippen molar-refractivity contribution in [2.24, 2.45) is 0 Å². The first-order valence-corrected chi connectivity index (χ1v) is 17.0. The minimum Gasteiger partial charge on any atom is -0.460 e. The second-order valence-corrected chi connectivity index (χ2v) is 12.7. The Morgan fingerprint density at radius 2 is 1.24 bits per heavy atom. The van der Waals surface area contributed by atoms with Crippen LogP contribution < -0.4 is 10.6 Å². The Morgan fingerprint density at radius 1 is 0.725 bits per heavy atom. The molecule has 0 saturated carbocycles. The standard InChI is InChI=1S/C37H47N3O11/c1-37(2,3)51-34(43)14-16-46-18-20-48-22-23-49-21-19-47-17-15-38-35(44)31(40-32(41)12-13-33(40)42)24-39-36(45)50-25-30-28-10-6-4-8-26(28)27-9-5-7-11-29(27)30/h4-13,30-31H,14-25H2,1-3H3,(H,38,44)(H,39,45)/t31-/m0/s1. The molecule has 1 atom stereocenters. The second-order valence-electron chi connectivity index (χ2n) is 12.7. The number of ether oxygens (including phenoxy) is 6. The van der Waals surface area contributed by atoms with Gasteiger partial charge in [-0.1, -0.05) is 48.5 Å². The van der Waals surface area contributed by atoms with Gasteiger partial charge in [0.1, 0.15) is 18.2 Å². The number of imide groups is 1. The van der Waals surface area contributed by atoms with Gasteiger partial charge in [-0.25, -0.2) is 4.79 Å². The van der Waals surface area contributed by atoms with Gasteiger partial charge in [0, 0.05) is 24.6 Å². The van der Waals surface area contributed by atoms with E-state index in [1.165, 1.54) is 0 Å². The van der Waals surface area contributed by atoms with Crippen molar-refractivity contribution in [3.05, 3.63) is 71.8 Å². The fraction of sp³-hybridized carbons (Fsp3) is 0.486. The molecular weight excluding hydrogens is 662 g/mol. The lowest BCUT2D eigenvalue weighted by Crippen LogP contribution is -2.55. The maximum Gasteiger partial charge on any atom is 0.407 e. The molecule has 0 saturated heterocycles. The third-order valence-corrected chi connectivity index (χ3v) is 7.77. The van der Waals surface area contributed by atoms with Crippen LogP contribution in [0.4, 0.5) is 4.79 Å². The molecule has 14 nitrogen and oxygen atoms in total. The van der Waals surface area contributed by atoms with Crippen LogP contribution in [0.5, 0.6) is 0 Å². The molecule has 2 N–H and O–H groups in total. The molecule has 2 aliphatic rings. The van der Waals surface area contributed by atoms with E-state index in [9.17, 15) is 24.0 Å². The number of nitrogens with one attached hydrogen (secondary N) is 2. The number of nitrogens with zero attached hydrogens (tertiary/aromatic N) is 1. The van der Waals surface area contributed by atoms with Gasteiger partial charge in [0.15, 0.2) is 0 Å². The Hall–Kier alpha value is -4.63. The van der Waals surface area contributed by atoms with Crippen molar-refractivity contribution in [3.63, 3.8) is 0 Å². The van der Waals surface area contributed by atoms with E-state index in [2.05, 4.69) is 10.6 Å². The Bertz CT molecular complexity index is 1470. The van der Waals surface area contributed by atoms with Crippen LogP contribution in [0.1, 0.15) is 44.2 Å². The number of benzene rings is 2. The van der Waals surface area contributed by atoms with Gasteiger partial charge in [-0.3, -0.25) is 24.1 Å². The van der Waals surface area contributed by atoms with E-state index in [1.807, 2.05) is 69.3 Å². The molecule has 276 valence electrons. The number of fused-ring (bicyclic) bond motifs is 3. The number of amides is 4. The quantitative estimate of drug-likeness (QED) is 0.111. The molecule has 0 radical (unpaired) electrons. The average molecular weight is 710 g/mol. The molecule has 1 aliphatic heterocycles. The van der Waals surface area contributed by atoms with Crippen LogP contribution in [-0.4, -0.2) is 119 Å². The Balaban J connectivity index is 1.08. The predicted molar refractivity (Wildman–Crippen MR) is 185 cm³/mol. The van der Waals surface area contributed by atoms with Crippen molar-refractivity contribution in [3.8, 4) is 11.1 Å². The van der Waals surface area contributed by atoms with E-state index in [4.69, 9.17) is 28.4 Å². The van der Waals surface area contributed by atoms with Crippen LogP contribution in [0, 0.1) is 0 Å². The normalized spacial score (nSPS) is 14.3. The summed E-state index contributed by atoms with van der Waals surface area (Å²) in [6.07, 6.45) is 1.56. The van der Waals surface area contributed by atoms with E-state index in [1.54, 1.807) is 0 Å². The molecule has 14 heteroatoms. The second kappa shape index (κ2) is 19.7. The number of alkyl carbamates (subject to hydrolysis) is 1. The molecule has 0 fully saturated rings. The molecule has 1 heterocycles. The summed E-state index contributed by atoms with van der Waals surface area (Å²) in [6.45, 7) is 7.67. The maximum absolute atomic E-state index is 13.1. The molecule has 1 aliphatic carbocycles. The number of hydrogen-bond donors (Lipinski definition) is 2. The van der Waals surface area contributed by atoms with Gasteiger partial charge in [-0.05, 0) is 43.0 Å². The number of esters is 1. The minimum absolute atomic E-state index is 0.0710. The van der Waals surface area contributed by atoms with Crippen LogP contribution in [0.2, 0.25) is 0 Å². The van der Waals surface area contributed by atoms with Gasteiger partial charge >= 0.3 is 12.1 Å². The number of rotatable bonds is 21. The summed E-state index contributed by atoms with van der Waals surface area (Å²) in [6, 6.07) is 14.6. The maximum atomic E-state index is 13.1. The molecular formula is C37H47N3O11. The monoisotopic (exact) mass is 709 g/mol. The topological polar surface area (TPSA) is 168 Å². The molecule has 0 unspecified atom stereocenters. The van der Waals surface area contributed by atoms with Crippen molar-refractivity contribution in [2.75, 3.05) is 72.6 Å². The number of carbonyl (C=O) groups is 5. The van der Waals surface area contributed by atoms with Crippen LogP contribution >= 0.6 is 0 Å². The van der Waals surface area contributed by atoms with Crippen molar-refractivity contribution in [2.45, 2.75) is 44.8 Å². The Kier molecular flexibility index (Phi) is 15.1. The van der Waals surface area contributed by atoms with Crippen molar-refractivity contribution in [1.82, 2.24) is 15.5 Å². The fourth-order valence-corrected chi connectivity index (χ4v) is 5.52. The summed E-state index contributed by atoms with van der Waals surface area (Å²) in [7, 11) is 0. The SMILES string of the molecule is CC(C)(C)OC(=O)CCOCCOCCOCCOCCNC(=O)[C@H](CNC(=O)OCC1c2ccccc2-c2ccccc21)N1C(=O)C=CC1=O. The molecule has 2 aromatic carbocycles. The van der Waals surface area contributed by atoms with Crippen LogP contribution in [0.15, 0.2) is 60.7 Å². The highest BCUT2D eigenvalue weighted by molar-refractivity contribution is 6.15. The molecule has 4 rings (SSSR count). The molecule has 0 bridgehead atoms. The van der Waals surface area contributed by atoms with Gasteiger partial charge in [-0.15, -0.1) is 0 Å². The zero-order chi connectivity index (χ0) is 36.6. The minimum atomic E-state index is -1.29. The van der Waals surface area contributed by atoms with Gasteiger partial charge < -0.3 is 39.1 Å². The van der Waals surface area contributed by atoms with E-state index in [0.29, 0.717) is 33.0 Å². The van der Waals surface area contributed by atoms with E-state index in [0.717, 1.165) is 39.3 Å². The molecule has 0 spiro atoms. The van der Waals surface area contributed by atoms with Gasteiger partial charge in [-0.2, -0.15) is 0 Å². The van der Waals surface area contributed by atoms with Gasteiger partial charge in [0.2, 0.25) is 5.91 Å². The van der Waals surface area contributed by atoms with E-state index in [-0.39, 0.29) is 57.8 Å². The Labute approximate surface area is 297 Å². The summed E-state index contributed by atoms with van der Waals surface area (Å²) in [5.41, 5.74) is 3.77. The van der Waals surface area contributed by atoms with Crippen LogP contribution in [-0.2, 0) is 47.6 Å². The summed E-state index contributed by atoms with van der Waals surface area (Å²) >= 11 is 0. The third kappa shape index (κ3) is 12.3. The fourth-order valence-electron chi connectivity index (χ4n) is 5.52. The third-order valence-electron chi connectivity index (χ3n) is 7.77. The first-order valence-electron chi connectivity index (χ1n) is 17.0. The molecule has 4 amide bonds. The summed E-state index contributed by atoms with van der Waals surface area (Å²) in [5.74, 6) is -2.40. The molecule has 51 heavy (non-hydrogen) atoms. The smallest absolute Gasteiger partial charge is 0.407 e. The van der Waals surface area contributed by atoms with Crippen LogP contribution in [0.3, 0.4) is 0 Å². The highest BCUT2D eigenvalue weighted by Crippen LogP contribution is 2.44. The summed E-state index contributed by atoms with van der Waals surface area (Å²) < 4.78 is 32.5. The lowest BCUT2D eigenvalue weighted by Gasteiger charge is -2.25. The highest BCUT2D eigenvalue weighted by atomic mass is 16.6. The molecule has 0 aromatic heterocycles. The number of carbonyl (C=O) groups excluding carboxylic acids is 5. The Morgan fingerprint density at radius 3 is 1.78 bits per heavy atom. The van der Waals surface area contributed by atoms with Gasteiger partial charge in [0.25, 0.3) is 11.8 Å². The van der Waals surface area contributed by atoms with Gasteiger partial charge in [0.05, 0.1) is 65.8 Å². The summed E-state index contributed by atoms with van der Waals surface area (Å²) in [4.78, 5) is 63.0. The zero-order valence-electron chi connectivity index (χ0n) is 29.4. The number of hydrogen-bond acceptors (Lipinski definition) is 11. The summed E-state index contributed by atoms with van der Waals surface area (Å²) in [5, 5.41) is 5.19. The average Bonchev–Trinajstić information content (AvgIpc) is 3.60. The largest absolute Gasteiger partial charge is 0.460 e. The van der Waals surface area contributed by atoms with Crippen molar-refractivity contribution in [1.29, 1.82) is 0 Å². The van der Waals surface area contributed by atoms with E-state index < -0.39 is 35.5 Å². The lowest BCUT2D eigenvalue weighted by molar-refractivity contribution is -0.156. The van der Waals surface area contributed by atoms with Crippen LogP contribution in [0.25, 0.3) is 11.1 Å². The lowest BCUT2D eigenvalue weighted by atomic mass is 9.98. The van der Waals surface area contributed by atoms with Crippen molar-refractivity contribution >= 4 is 29.8 Å². The highest BCUT2D eigenvalue weighted by Gasteiger charge is 2.36. The first kappa shape index (κ1) is 39.2. The predicted octanol–water partition coefficient (Wildman–Crippen LogP) is 2.73. The van der Waals surface area contributed by atoms with Crippen molar-refractivity contribution < 1.29 is 52.4 Å². The first-order chi connectivity index (χ1) is 24.5. The molecule has 2 aromatic rings. The van der Waals surface area contributed by atoms with E-state index >= 15 is 0 Å². The zero-order valence-corrected chi connectivity index (χ0v) is 29.4.